The molecule has 0 saturated heterocycles. The lowest BCUT2D eigenvalue weighted by Crippen LogP contribution is -2.02. The number of alkyl halides is 3. The van der Waals surface area contributed by atoms with Gasteiger partial charge in [0.05, 0.1) is 10.4 Å². The first-order valence-electron chi connectivity index (χ1n) is 4.89. The Hall–Kier alpha value is -2.09. The minimum Gasteiger partial charge on any atom is -0.507 e. The number of carboxylic acid groups (broad SMARTS) is 1. The molecule has 0 spiro atoms. The minimum absolute atomic E-state index is 0.109. The number of phenols is 1. The van der Waals surface area contributed by atoms with Crippen LogP contribution in [0.4, 0.5) is 13.2 Å². The molecule has 0 unspecified atom stereocenters. The van der Waals surface area contributed by atoms with Gasteiger partial charge >= 0.3 is 12.1 Å². The van der Waals surface area contributed by atoms with Gasteiger partial charge in [-0.3, -0.25) is 0 Å². The summed E-state index contributed by atoms with van der Waals surface area (Å²) in [5.41, 5.74) is -0.0418. The molecule has 0 amide bonds. The third-order valence-electron chi connectivity index (χ3n) is 2.26. The summed E-state index contributed by atoms with van der Waals surface area (Å²) >= 11 is 0.378. The second-order valence-electron chi connectivity index (χ2n) is 3.56. The van der Waals surface area contributed by atoms with Gasteiger partial charge in [0.15, 0.2) is 5.01 Å². The summed E-state index contributed by atoms with van der Waals surface area (Å²) < 4.78 is 37.2. The molecular formula is C11H6F3NO3S. The van der Waals surface area contributed by atoms with E-state index in [-0.39, 0.29) is 16.0 Å². The van der Waals surface area contributed by atoms with Crippen LogP contribution in [0, 0.1) is 0 Å². The van der Waals surface area contributed by atoms with E-state index < -0.39 is 22.9 Å². The molecule has 1 aromatic heterocycles. The molecular weight excluding hydrogens is 283 g/mol. The van der Waals surface area contributed by atoms with Gasteiger partial charge in [-0.1, -0.05) is 0 Å². The summed E-state index contributed by atoms with van der Waals surface area (Å²) in [4.78, 5) is 14.0. The van der Waals surface area contributed by atoms with Crippen molar-refractivity contribution in [2.45, 2.75) is 6.18 Å². The van der Waals surface area contributed by atoms with Crippen molar-refractivity contribution in [1.29, 1.82) is 0 Å². The van der Waals surface area contributed by atoms with E-state index in [9.17, 15) is 23.1 Å². The third kappa shape index (κ3) is 2.68. The molecule has 2 aromatic rings. The van der Waals surface area contributed by atoms with Crippen LogP contribution in [0.3, 0.4) is 0 Å². The summed E-state index contributed by atoms with van der Waals surface area (Å²) in [6, 6.07) is 3.42. The van der Waals surface area contributed by atoms with Crippen LogP contribution in [0.15, 0.2) is 24.4 Å². The fourth-order valence-corrected chi connectivity index (χ4v) is 2.22. The number of carboxylic acids is 1. The standard InChI is InChI=1S/C11H6F3NO3S/c12-11(13,14)10-15-4-8(19-10)6-2-1-5(9(17)18)3-7(6)16/h1-4,16H,(H,17,18). The number of rotatable bonds is 2. The Labute approximate surface area is 108 Å². The lowest BCUT2D eigenvalue weighted by atomic mass is 10.1. The molecule has 4 nitrogen and oxygen atoms in total. The fraction of sp³-hybridized carbons (Fsp3) is 0.0909. The molecule has 8 heteroatoms. The Balaban J connectivity index is 2.43. The summed E-state index contributed by atoms with van der Waals surface area (Å²) in [5.74, 6) is -1.64. The molecule has 19 heavy (non-hydrogen) atoms. The number of nitrogens with zero attached hydrogens (tertiary/aromatic N) is 1. The maximum absolute atomic E-state index is 12.4. The van der Waals surface area contributed by atoms with E-state index in [1.54, 1.807) is 0 Å². The molecule has 0 radical (unpaired) electrons. The predicted octanol–water partition coefficient (Wildman–Crippen LogP) is 3.23. The number of hydrogen-bond acceptors (Lipinski definition) is 4. The average Bonchev–Trinajstić information content (AvgIpc) is 2.77. The number of hydrogen-bond donors (Lipinski definition) is 2. The monoisotopic (exact) mass is 289 g/mol. The smallest absolute Gasteiger partial charge is 0.443 e. The molecule has 2 rings (SSSR count). The van der Waals surface area contributed by atoms with Crippen LogP contribution in [0.1, 0.15) is 15.4 Å². The highest BCUT2D eigenvalue weighted by atomic mass is 32.1. The Morgan fingerprint density at radius 3 is 2.47 bits per heavy atom. The SMILES string of the molecule is O=C(O)c1ccc(-c2cnc(C(F)(F)F)s2)c(O)c1. The van der Waals surface area contributed by atoms with E-state index in [0.29, 0.717) is 11.3 Å². The van der Waals surface area contributed by atoms with Crippen LogP contribution in [-0.2, 0) is 6.18 Å². The van der Waals surface area contributed by atoms with Gasteiger partial charge in [0.2, 0.25) is 0 Å². The molecule has 0 atom stereocenters. The normalized spacial score (nSPS) is 11.5. The van der Waals surface area contributed by atoms with Crippen LogP contribution < -0.4 is 0 Å². The molecule has 2 N–H and O–H groups in total. The van der Waals surface area contributed by atoms with Crippen molar-refractivity contribution in [3.05, 3.63) is 35.0 Å². The van der Waals surface area contributed by atoms with Crippen LogP contribution in [0.25, 0.3) is 10.4 Å². The number of aromatic carboxylic acids is 1. The molecule has 100 valence electrons. The summed E-state index contributed by atoms with van der Waals surface area (Å²) in [5, 5.41) is 17.3. The minimum atomic E-state index is -4.54. The fourth-order valence-electron chi connectivity index (χ4n) is 1.40. The van der Waals surface area contributed by atoms with Crippen molar-refractivity contribution >= 4 is 17.3 Å². The average molecular weight is 289 g/mol. The lowest BCUT2D eigenvalue weighted by molar-refractivity contribution is -0.137. The van der Waals surface area contributed by atoms with Gasteiger partial charge in [0, 0.05) is 11.8 Å². The quantitative estimate of drug-likeness (QED) is 0.890. The number of aromatic nitrogens is 1. The van der Waals surface area contributed by atoms with Crippen molar-refractivity contribution in [3.63, 3.8) is 0 Å². The van der Waals surface area contributed by atoms with E-state index >= 15 is 0 Å². The lowest BCUT2D eigenvalue weighted by Gasteiger charge is -2.03. The van der Waals surface area contributed by atoms with E-state index in [4.69, 9.17) is 5.11 Å². The Bertz CT molecular complexity index is 636. The van der Waals surface area contributed by atoms with Crippen molar-refractivity contribution < 1.29 is 28.2 Å². The zero-order valence-electron chi connectivity index (χ0n) is 9.10. The molecule has 1 aromatic carbocycles. The number of aromatic hydroxyl groups is 1. The second-order valence-corrected chi connectivity index (χ2v) is 4.60. The Kier molecular flexibility index (Phi) is 3.19. The number of benzene rings is 1. The zero-order chi connectivity index (χ0) is 14.2. The first-order chi connectivity index (χ1) is 8.79. The highest BCUT2D eigenvalue weighted by Gasteiger charge is 2.34. The highest BCUT2D eigenvalue weighted by molar-refractivity contribution is 7.15. The van der Waals surface area contributed by atoms with Gasteiger partial charge in [-0.05, 0) is 18.2 Å². The Morgan fingerprint density at radius 2 is 2.00 bits per heavy atom. The van der Waals surface area contributed by atoms with Gasteiger partial charge in [-0.25, -0.2) is 9.78 Å². The molecule has 0 bridgehead atoms. The van der Waals surface area contributed by atoms with Crippen LogP contribution in [0.2, 0.25) is 0 Å². The molecule has 0 aliphatic heterocycles. The third-order valence-corrected chi connectivity index (χ3v) is 3.33. The van der Waals surface area contributed by atoms with Gasteiger partial charge in [0.25, 0.3) is 0 Å². The van der Waals surface area contributed by atoms with Gasteiger partial charge in [0.1, 0.15) is 5.75 Å². The molecule has 0 saturated carbocycles. The summed E-state index contributed by atoms with van der Waals surface area (Å²) in [6.45, 7) is 0. The largest absolute Gasteiger partial charge is 0.507 e. The predicted molar refractivity (Wildman–Crippen MR) is 61.2 cm³/mol. The van der Waals surface area contributed by atoms with Gasteiger partial charge in [-0.2, -0.15) is 13.2 Å². The summed E-state index contributed by atoms with van der Waals surface area (Å²) in [7, 11) is 0. The first-order valence-corrected chi connectivity index (χ1v) is 5.70. The van der Waals surface area contributed by atoms with Crippen molar-refractivity contribution in [1.82, 2.24) is 4.98 Å². The number of thiazole rings is 1. The van der Waals surface area contributed by atoms with Crippen molar-refractivity contribution in [2.75, 3.05) is 0 Å². The zero-order valence-corrected chi connectivity index (χ0v) is 9.92. The number of carbonyl (C=O) groups is 1. The van der Waals surface area contributed by atoms with Crippen LogP contribution in [-0.4, -0.2) is 21.2 Å². The van der Waals surface area contributed by atoms with E-state index in [1.807, 2.05) is 0 Å². The Morgan fingerprint density at radius 1 is 1.32 bits per heavy atom. The summed E-state index contributed by atoms with van der Waals surface area (Å²) in [6.07, 6.45) is -3.55. The number of phenolic OH excluding ortho intramolecular Hbond substituents is 1. The number of halogens is 3. The highest BCUT2D eigenvalue weighted by Crippen LogP contribution is 2.39. The van der Waals surface area contributed by atoms with Crippen LogP contribution in [0.5, 0.6) is 5.75 Å². The van der Waals surface area contributed by atoms with E-state index in [1.165, 1.54) is 12.1 Å². The van der Waals surface area contributed by atoms with Crippen LogP contribution >= 0.6 is 11.3 Å². The molecule has 0 fully saturated rings. The van der Waals surface area contributed by atoms with Crippen molar-refractivity contribution in [2.24, 2.45) is 0 Å². The van der Waals surface area contributed by atoms with Gasteiger partial charge in [-0.15, -0.1) is 11.3 Å². The molecule has 0 aliphatic carbocycles. The molecule has 1 heterocycles. The second kappa shape index (κ2) is 4.54. The molecule has 0 aliphatic rings. The maximum atomic E-state index is 12.4. The van der Waals surface area contributed by atoms with E-state index in [2.05, 4.69) is 4.98 Å². The van der Waals surface area contributed by atoms with E-state index in [0.717, 1.165) is 12.3 Å². The topological polar surface area (TPSA) is 70.4 Å². The van der Waals surface area contributed by atoms with Crippen molar-refractivity contribution in [3.8, 4) is 16.2 Å². The first kappa shape index (κ1) is 13.3. The van der Waals surface area contributed by atoms with Gasteiger partial charge < -0.3 is 10.2 Å². The maximum Gasteiger partial charge on any atom is 0.443 e.